The maximum atomic E-state index is 11.8. The van der Waals surface area contributed by atoms with Crippen LogP contribution in [0.2, 0.25) is 0 Å². The Hall–Kier alpha value is -2.62. The van der Waals surface area contributed by atoms with Crippen molar-refractivity contribution in [2.75, 3.05) is 13.2 Å². The van der Waals surface area contributed by atoms with E-state index in [2.05, 4.69) is 5.32 Å². The lowest BCUT2D eigenvalue weighted by Crippen LogP contribution is -2.34. The topological polar surface area (TPSA) is 125 Å². The summed E-state index contributed by atoms with van der Waals surface area (Å²) in [7, 11) is -3.65. The summed E-state index contributed by atoms with van der Waals surface area (Å²) < 4.78 is 33.9. The number of nitro groups is 1. The molecule has 0 spiro atoms. The summed E-state index contributed by atoms with van der Waals surface area (Å²) in [5, 5.41) is 14.7. The van der Waals surface area contributed by atoms with Crippen LogP contribution in [0.15, 0.2) is 22.4 Å². The molecule has 9 nitrogen and oxygen atoms in total. The average Bonchev–Trinajstić information content (AvgIpc) is 2.76. The van der Waals surface area contributed by atoms with E-state index in [4.69, 9.17) is 9.47 Å². The van der Waals surface area contributed by atoms with Gasteiger partial charge in [-0.25, -0.2) is 13.2 Å². The van der Waals surface area contributed by atoms with Gasteiger partial charge in [-0.1, -0.05) is 0 Å². The number of nitrogens with zero attached hydrogens (tertiary/aromatic N) is 1. The summed E-state index contributed by atoms with van der Waals surface area (Å²) in [6.07, 6.45) is 0.544. The Balaban J connectivity index is 2.06. The molecule has 1 aromatic rings. The van der Waals surface area contributed by atoms with Crippen LogP contribution >= 0.6 is 0 Å². The maximum absolute atomic E-state index is 11.8. The van der Waals surface area contributed by atoms with E-state index in [0.717, 1.165) is 5.41 Å². The molecule has 1 aliphatic rings. The zero-order chi connectivity index (χ0) is 18.8. The van der Waals surface area contributed by atoms with E-state index in [0.29, 0.717) is 0 Å². The van der Waals surface area contributed by atoms with Gasteiger partial charge in [0.25, 0.3) is 0 Å². The second kappa shape index (κ2) is 6.71. The van der Waals surface area contributed by atoms with Crippen LogP contribution < -0.4 is 10.1 Å². The molecular weight excluding hydrogens is 352 g/mol. The fourth-order valence-corrected chi connectivity index (χ4v) is 3.33. The highest BCUT2D eigenvalue weighted by Gasteiger charge is 2.31. The lowest BCUT2D eigenvalue weighted by atomic mass is 10.1. The Kier molecular flexibility index (Phi) is 5.02. The number of nitro benzene ring substituents is 1. The van der Waals surface area contributed by atoms with E-state index in [-0.39, 0.29) is 29.4 Å². The summed E-state index contributed by atoms with van der Waals surface area (Å²) >= 11 is 0. The minimum atomic E-state index is -3.65. The molecule has 0 saturated carbocycles. The molecule has 0 unspecified atom stereocenters. The van der Waals surface area contributed by atoms with Gasteiger partial charge in [0, 0.05) is 5.41 Å². The van der Waals surface area contributed by atoms with Crippen molar-refractivity contribution in [3.05, 3.63) is 33.2 Å². The van der Waals surface area contributed by atoms with E-state index in [1.807, 2.05) is 0 Å². The van der Waals surface area contributed by atoms with Crippen LogP contribution in [0.1, 0.15) is 26.3 Å². The second-order valence-corrected chi connectivity index (χ2v) is 8.01. The molecule has 25 heavy (non-hydrogen) atoms. The summed E-state index contributed by atoms with van der Waals surface area (Å²) in [6.45, 7) is 5.18. The monoisotopic (exact) mass is 370 g/mol. The fraction of sp³-hybridized carbons (Fsp3) is 0.400. The van der Waals surface area contributed by atoms with Crippen LogP contribution in [0.4, 0.5) is 10.5 Å². The van der Waals surface area contributed by atoms with Crippen LogP contribution in [0, 0.1) is 10.1 Å². The molecule has 10 heteroatoms. The Labute approximate surface area is 144 Å². The molecule has 0 fully saturated rings. The Morgan fingerprint density at radius 3 is 2.60 bits per heavy atom. The van der Waals surface area contributed by atoms with Gasteiger partial charge in [-0.2, -0.15) is 0 Å². The van der Waals surface area contributed by atoms with Gasteiger partial charge in [0.05, 0.1) is 21.9 Å². The third-order valence-corrected chi connectivity index (χ3v) is 4.53. The van der Waals surface area contributed by atoms with Crippen molar-refractivity contribution in [1.29, 1.82) is 0 Å². The van der Waals surface area contributed by atoms with Crippen LogP contribution in [-0.2, 0) is 14.6 Å². The summed E-state index contributed by atoms with van der Waals surface area (Å²) in [5.74, 6) is -0.0727. The highest BCUT2D eigenvalue weighted by molar-refractivity contribution is 7.94. The number of amides is 1. The predicted octanol–water partition coefficient (Wildman–Crippen LogP) is 2.26. The largest absolute Gasteiger partial charge is 0.485 e. The number of hydrogen-bond acceptors (Lipinski definition) is 7. The first-order valence-corrected chi connectivity index (χ1v) is 8.90. The fourth-order valence-electron chi connectivity index (χ4n) is 2.14. The molecule has 136 valence electrons. The highest BCUT2D eigenvalue weighted by Crippen LogP contribution is 2.40. The van der Waals surface area contributed by atoms with Crippen molar-refractivity contribution in [2.24, 2.45) is 0 Å². The molecular formula is C15H18N2O7S. The Bertz CT molecular complexity index is 838. The molecule has 1 heterocycles. The molecule has 0 bridgehead atoms. The maximum Gasteiger partial charge on any atom is 0.407 e. The van der Waals surface area contributed by atoms with Crippen molar-refractivity contribution in [3.8, 4) is 5.75 Å². The smallest absolute Gasteiger partial charge is 0.407 e. The standard InChI is InChI=1S/C15H18N2O7S/c1-15(2,3)24-14(18)16-7-8-23-11-4-5-12-10(13(11)17(19)20)6-9-25(12,21)22/h4-6,9H,7-8H2,1-3H3,(H,16,18). The first-order chi connectivity index (χ1) is 11.5. The van der Waals surface area contributed by atoms with Crippen LogP contribution in [0.5, 0.6) is 5.75 Å². The highest BCUT2D eigenvalue weighted by atomic mass is 32.2. The zero-order valence-electron chi connectivity index (χ0n) is 13.9. The quantitative estimate of drug-likeness (QED) is 0.479. The molecule has 0 aromatic heterocycles. The molecule has 1 aliphatic heterocycles. The van der Waals surface area contributed by atoms with Crippen molar-refractivity contribution < 1.29 is 27.6 Å². The zero-order valence-corrected chi connectivity index (χ0v) is 14.8. The first kappa shape index (κ1) is 18.7. The van der Waals surface area contributed by atoms with E-state index >= 15 is 0 Å². The van der Waals surface area contributed by atoms with Crippen LogP contribution in [-0.4, -0.2) is 38.2 Å². The third kappa shape index (κ3) is 4.47. The number of nitrogens with one attached hydrogen (secondary N) is 1. The van der Waals surface area contributed by atoms with Crippen molar-refractivity contribution in [1.82, 2.24) is 5.32 Å². The first-order valence-electron chi connectivity index (χ1n) is 7.35. The number of sulfone groups is 1. The molecule has 2 rings (SSSR count). The molecule has 0 aliphatic carbocycles. The molecule has 0 saturated heterocycles. The molecule has 1 N–H and O–H groups in total. The molecule has 0 atom stereocenters. The molecule has 1 aromatic carbocycles. The lowest BCUT2D eigenvalue weighted by molar-refractivity contribution is -0.386. The normalized spacial score (nSPS) is 14.7. The number of rotatable bonds is 5. The number of benzene rings is 1. The van der Waals surface area contributed by atoms with Gasteiger partial charge in [0.1, 0.15) is 12.2 Å². The van der Waals surface area contributed by atoms with E-state index < -0.39 is 32.1 Å². The van der Waals surface area contributed by atoms with Gasteiger partial charge in [-0.3, -0.25) is 10.1 Å². The van der Waals surface area contributed by atoms with Crippen LogP contribution in [0.3, 0.4) is 0 Å². The Morgan fingerprint density at radius 1 is 1.32 bits per heavy atom. The number of hydrogen-bond donors (Lipinski definition) is 1. The summed E-state index contributed by atoms with van der Waals surface area (Å²) in [4.78, 5) is 22.0. The van der Waals surface area contributed by atoms with Gasteiger partial charge in [0.2, 0.25) is 9.84 Å². The van der Waals surface area contributed by atoms with E-state index in [9.17, 15) is 23.3 Å². The van der Waals surface area contributed by atoms with Gasteiger partial charge in [-0.15, -0.1) is 0 Å². The Morgan fingerprint density at radius 2 is 2.00 bits per heavy atom. The van der Waals surface area contributed by atoms with Gasteiger partial charge in [-0.05, 0) is 39.0 Å². The second-order valence-electron chi connectivity index (χ2n) is 6.21. The lowest BCUT2D eigenvalue weighted by Gasteiger charge is -2.19. The van der Waals surface area contributed by atoms with Gasteiger partial charge < -0.3 is 14.8 Å². The number of ether oxygens (including phenoxy) is 2. The van der Waals surface area contributed by atoms with E-state index in [1.165, 1.54) is 18.2 Å². The summed E-state index contributed by atoms with van der Waals surface area (Å²) in [5.41, 5.74) is -1.07. The predicted molar refractivity (Wildman–Crippen MR) is 89.0 cm³/mol. The number of fused-ring (bicyclic) bond motifs is 1. The number of carbonyl (C=O) groups is 1. The third-order valence-electron chi connectivity index (χ3n) is 3.07. The van der Waals surface area contributed by atoms with Gasteiger partial charge in [0.15, 0.2) is 5.75 Å². The molecule has 0 radical (unpaired) electrons. The van der Waals surface area contributed by atoms with Crippen molar-refractivity contribution in [3.63, 3.8) is 0 Å². The van der Waals surface area contributed by atoms with Crippen LogP contribution in [0.25, 0.3) is 6.08 Å². The van der Waals surface area contributed by atoms with E-state index in [1.54, 1.807) is 20.8 Å². The summed E-state index contributed by atoms with van der Waals surface area (Å²) in [6, 6.07) is 2.49. The van der Waals surface area contributed by atoms with Crippen molar-refractivity contribution >= 4 is 27.7 Å². The molecule has 1 amide bonds. The SMILES string of the molecule is CC(C)(C)OC(=O)NCCOc1ccc2c(c1[N+](=O)[O-])C=CS2(=O)=O. The minimum Gasteiger partial charge on any atom is -0.485 e. The number of carbonyl (C=O) groups excluding carboxylic acids is 1. The number of alkyl carbamates (subject to hydrolysis) is 1. The van der Waals surface area contributed by atoms with Crippen molar-refractivity contribution in [2.45, 2.75) is 31.3 Å². The van der Waals surface area contributed by atoms with Gasteiger partial charge >= 0.3 is 11.8 Å². The average molecular weight is 370 g/mol. The minimum absolute atomic E-state index is 0.0115.